The van der Waals surface area contributed by atoms with Gasteiger partial charge >= 0.3 is 0 Å². The molecule has 0 bridgehead atoms. The van der Waals surface area contributed by atoms with Crippen molar-refractivity contribution in [1.29, 1.82) is 0 Å². The molecule has 0 aromatic heterocycles. The van der Waals surface area contributed by atoms with Gasteiger partial charge in [0.15, 0.2) is 0 Å². The second-order valence-electron chi connectivity index (χ2n) is 5.08. The van der Waals surface area contributed by atoms with Crippen molar-refractivity contribution in [3.8, 4) is 0 Å². The summed E-state index contributed by atoms with van der Waals surface area (Å²) in [6, 6.07) is 17.2. The molecule has 3 nitrogen and oxygen atoms in total. The minimum atomic E-state index is 0.315. The van der Waals surface area contributed by atoms with Crippen LogP contribution in [0.3, 0.4) is 0 Å². The van der Waals surface area contributed by atoms with Gasteiger partial charge in [-0.25, -0.2) is 0 Å². The minimum absolute atomic E-state index is 0.315. The van der Waals surface area contributed by atoms with Crippen LogP contribution in [0.25, 0.3) is 0 Å². The Kier molecular flexibility index (Phi) is 3.03. The van der Waals surface area contributed by atoms with Crippen molar-refractivity contribution >= 4 is 17.1 Å². The third-order valence-corrected chi connectivity index (χ3v) is 3.54. The zero-order chi connectivity index (χ0) is 13.2. The molecule has 0 spiro atoms. The van der Waals surface area contributed by atoms with Crippen LogP contribution in [-0.2, 0) is 0 Å². The maximum absolute atomic E-state index is 3.66. The van der Waals surface area contributed by atoms with Crippen LogP contribution in [0.1, 0.15) is 11.6 Å². The maximum Gasteiger partial charge on any atom is 0.0818 e. The molecular formula is C16H19N3. The molecule has 98 valence electrons. The highest BCUT2D eigenvalue weighted by Gasteiger charge is 2.21. The summed E-state index contributed by atoms with van der Waals surface area (Å²) in [6.45, 7) is 0.911. The molecule has 1 heterocycles. The van der Waals surface area contributed by atoms with Gasteiger partial charge in [-0.05, 0) is 17.7 Å². The molecule has 1 aliphatic rings. The van der Waals surface area contributed by atoms with E-state index in [1.54, 1.807) is 0 Å². The standard InChI is InChI=1S/C16H19N3/c1-19(2)15-10-6-9-13-16(15)18-14(11-17-13)12-7-4-3-5-8-12/h3-10,14,17-18H,11H2,1-2H3. The zero-order valence-corrected chi connectivity index (χ0v) is 11.4. The van der Waals surface area contributed by atoms with Crippen molar-refractivity contribution in [2.75, 3.05) is 36.2 Å². The Hall–Kier alpha value is -2.16. The molecule has 1 aliphatic heterocycles. The lowest BCUT2D eigenvalue weighted by Crippen LogP contribution is -2.27. The number of fused-ring (bicyclic) bond motifs is 1. The van der Waals surface area contributed by atoms with E-state index < -0.39 is 0 Å². The van der Waals surface area contributed by atoms with Crippen molar-refractivity contribution in [1.82, 2.24) is 0 Å². The molecule has 3 heteroatoms. The Labute approximate surface area is 114 Å². The van der Waals surface area contributed by atoms with Crippen molar-refractivity contribution in [2.45, 2.75) is 6.04 Å². The molecule has 1 atom stereocenters. The van der Waals surface area contributed by atoms with Gasteiger partial charge in [0.1, 0.15) is 0 Å². The first kappa shape index (κ1) is 11.9. The number of rotatable bonds is 2. The lowest BCUT2D eigenvalue weighted by Gasteiger charge is -2.32. The van der Waals surface area contributed by atoms with Crippen LogP contribution in [0.2, 0.25) is 0 Å². The Bertz CT molecular complexity index is 563. The van der Waals surface area contributed by atoms with Gasteiger partial charge in [-0.3, -0.25) is 0 Å². The monoisotopic (exact) mass is 253 g/mol. The molecule has 2 aromatic carbocycles. The summed E-state index contributed by atoms with van der Waals surface area (Å²) >= 11 is 0. The van der Waals surface area contributed by atoms with E-state index in [9.17, 15) is 0 Å². The van der Waals surface area contributed by atoms with Crippen LogP contribution >= 0.6 is 0 Å². The maximum atomic E-state index is 3.66. The Morgan fingerprint density at radius 3 is 2.53 bits per heavy atom. The molecule has 19 heavy (non-hydrogen) atoms. The predicted octanol–water partition coefficient (Wildman–Crippen LogP) is 3.33. The number of hydrogen-bond donors (Lipinski definition) is 2. The average Bonchev–Trinajstić information content (AvgIpc) is 2.47. The van der Waals surface area contributed by atoms with E-state index in [1.165, 1.54) is 22.6 Å². The molecule has 2 aromatic rings. The highest BCUT2D eigenvalue weighted by Crippen LogP contribution is 2.38. The zero-order valence-electron chi connectivity index (χ0n) is 11.4. The topological polar surface area (TPSA) is 27.3 Å². The number of nitrogens with one attached hydrogen (secondary N) is 2. The first-order valence-corrected chi connectivity index (χ1v) is 6.61. The first-order valence-electron chi connectivity index (χ1n) is 6.61. The van der Waals surface area contributed by atoms with E-state index in [4.69, 9.17) is 0 Å². The molecule has 0 radical (unpaired) electrons. The molecule has 0 amide bonds. The lowest BCUT2D eigenvalue weighted by molar-refractivity contribution is 0.802. The van der Waals surface area contributed by atoms with Crippen LogP contribution in [-0.4, -0.2) is 20.6 Å². The molecule has 0 fully saturated rings. The van der Waals surface area contributed by atoms with Gasteiger partial charge in [0.25, 0.3) is 0 Å². The quantitative estimate of drug-likeness (QED) is 0.859. The summed E-state index contributed by atoms with van der Waals surface area (Å²) in [7, 11) is 4.15. The third kappa shape index (κ3) is 2.24. The number of anilines is 3. The molecular weight excluding hydrogens is 234 g/mol. The fourth-order valence-electron chi connectivity index (χ4n) is 2.54. The van der Waals surface area contributed by atoms with E-state index in [-0.39, 0.29) is 0 Å². The highest BCUT2D eigenvalue weighted by molar-refractivity contribution is 5.84. The van der Waals surface area contributed by atoms with E-state index in [1.807, 2.05) is 0 Å². The Morgan fingerprint density at radius 1 is 1.00 bits per heavy atom. The van der Waals surface area contributed by atoms with Crippen molar-refractivity contribution in [2.24, 2.45) is 0 Å². The molecule has 0 saturated heterocycles. The Balaban J connectivity index is 1.95. The highest BCUT2D eigenvalue weighted by atomic mass is 15.1. The van der Waals surface area contributed by atoms with Gasteiger partial charge in [-0.1, -0.05) is 36.4 Å². The molecule has 3 rings (SSSR count). The van der Waals surface area contributed by atoms with Gasteiger partial charge in [0, 0.05) is 20.6 Å². The molecule has 1 unspecified atom stereocenters. The molecule has 0 saturated carbocycles. The number of nitrogens with zero attached hydrogens (tertiary/aromatic N) is 1. The third-order valence-electron chi connectivity index (χ3n) is 3.54. The van der Waals surface area contributed by atoms with Gasteiger partial charge in [0.2, 0.25) is 0 Å². The summed E-state index contributed by atoms with van der Waals surface area (Å²) < 4.78 is 0. The van der Waals surface area contributed by atoms with Crippen LogP contribution < -0.4 is 15.5 Å². The largest absolute Gasteiger partial charge is 0.381 e. The SMILES string of the molecule is CN(C)c1cccc2c1NC(c1ccccc1)CN2. The second-order valence-corrected chi connectivity index (χ2v) is 5.08. The second kappa shape index (κ2) is 4.84. The molecule has 2 N–H and O–H groups in total. The van der Waals surface area contributed by atoms with Gasteiger partial charge < -0.3 is 15.5 Å². The van der Waals surface area contributed by atoms with Crippen LogP contribution in [0, 0.1) is 0 Å². The summed E-state index contributed by atoms with van der Waals surface area (Å²) in [5.74, 6) is 0. The predicted molar refractivity (Wildman–Crippen MR) is 82.1 cm³/mol. The lowest BCUT2D eigenvalue weighted by atomic mass is 10.0. The van der Waals surface area contributed by atoms with Gasteiger partial charge in [-0.15, -0.1) is 0 Å². The smallest absolute Gasteiger partial charge is 0.0818 e. The van der Waals surface area contributed by atoms with Gasteiger partial charge in [-0.2, -0.15) is 0 Å². The van der Waals surface area contributed by atoms with Crippen molar-refractivity contribution in [3.63, 3.8) is 0 Å². The number of hydrogen-bond acceptors (Lipinski definition) is 3. The summed E-state index contributed by atoms with van der Waals surface area (Å²) in [5, 5.41) is 7.18. The molecule has 0 aliphatic carbocycles. The average molecular weight is 253 g/mol. The van der Waals surface area contributed by atoms with Crippen LogP contribution in [0.5, 0.6) is 0 Å². The van der Waals surface area contributed by atoms with Crippen molar-refractivity contribution < 1.29 is 0 Å². The van der Waals surface area contributed by atoms with Crippen LogP contribution in [0.4, 0.5) is 17.1 Å². The number of para-hydroxylation sites is 1. The summed E-state index contributed by atoms with van der Waals surface area (Å²) in [4.78, 5) is 2.14. The van der Waals surface area contributed by atoms with Crippen molar-refractivity contribution in [3.05, 3.63) is 54.1 Å². The normalized spacial score (nSPS) is 17.1. The fraction of sp³-hybridized carbons (Fsp3) is 0.250. The Morgan fingerprint density at radius 2 is 1.79 bits per heavy atom. The van der Waals surface area contributed by atoms with Crippen LogP contribution in [0.15, 0.2) is 48.5 Å². The van der Waals surface area contributed by atoms with E-state index in [0.29, 0.717) is 6.04 Å². The summed E-state index contributed by atoms with van der Waals surface area (Å²) in [6.07, 6.45) is 0. The van der Waals surface area contributed by atoms with E-state index >= 15 is 0 Å². The summed E-state index contributed by atoms with van der Waals surface area (Å²) in [5.41, 5.74) is 4.89. The van der Waals surface area contributed by atoms with E-state index in [2.05, 4.69) is 78.2 Å². The van der Waals surface area contributed by atoms with E-state index in [0.717, 1.165) is 6.54 Å². The fourth-order valence-corrected chi connectivity index (χ4v) is 2.54. The number of benzene rings is 2. The minimum Gasteiger partial charge on any atom is -0.381 e. The first-order chi connectivity index (χ1) is 9.25. The van der Waals surface area contributed by atoms with Gasteiger partial charge in [0.05, 0.1) is 23.1 Å².